The van der Waals surface area contributed by atoms with E-state index >= 15 is 0 Å². The van der Waals surface area contributed by atoms with Crippen LogP contribution in [0.25, 0.3) is 16.8 Å². The Morgan fingerprint density at radius 2 is 1.83 bits per heavy atom. The first-order chi connectivity index (χ1) is 17.1. The summed E-state index contributed by atoms with van der Waals surface area (Å²) in [5.41, 5.74) is 2.59. The summed E-state index contributed by atoms with van der Waals surface area (Å²) in [4.78, 5) is 16.1. The van der Waals surface area contributed by atoms with Gasteiger partial charge in [0, 0.05) is 17.7 Å². The Balaban J connectivity index is 0.000000384. The third-order valence-corrected chi connectivity index (χ3v) is 5.88. The fourth-order valence-electron chi connectivity index (χ4n) is 4.05. The van der Waals surface area contributed by atoms with Crippen molar-refractivity contribution in [3.8, 4) is 11.1 Å². The molecule has 0 bridgehead atoms. The average molecular weight is 504 g/mol. The highest BCUT2D eigenvalue weighted by atomic mass is 19.4. The molecule has 0 spiro atoms. The number of aromatic nitrogens is 3. The molecule has 0 aliphatic carbocycles. The van der Waals surface area contributed by atoms with Gasteiger partial charge in [-0.15, -0.1) is 0 Å². The first kappa shape index (κ1) is 25.4. The zero-order valence-electron chi connectivity index (χ0n) is 19.4. The number of carboxylic acid groups (broad SMARTS) is 1. The minimum Gasteiger partial charge on any atom is -0.475 e. The molecule has 7 nitrogen and oxygen atoms in total. The molecule has 3 aromatic heterocycles. The minimum absolute atomic E-state index is 0.238. The van der Waals surface area contributed by atoms with Crippen LogP contribution in [0.1, 0.15) is 36.1 Å². The number of piperidine rings is 1. The molecule has 1 fully saturated rings. The molecule has 0 atom stereocenters. The second kappa shape index (κ2) is 10.5. The van der Waals surface area contributed by atoms with E-state index in [9.17, 15) is 17.6 Å². The van der Waals surface area contributed by atoms with Gasteiger partial charge in [-0.3, -0.25) is 4.90 Å². The molecule has 1 aliphatic rings. The van der Waals surface area contributed by atoms with Crippen LogP contribution in [0.2, 0.25) is 0 Å². The molecule has 1 aromatic carbocycles. The Hall–Kier alpha value is -3.73. The maximum absolute atomic E-state index is 13.5. The van der Waals surface area contributed by atoms with Crippen LogP contribution in [-0.4, -0.2) is 49.8 Å². The van der Waals surface area contributed by atoms with Crippen molar-refractivity contribution in [2.45, 2.75) is 38.4 Å². The van der Waals surface area contributed by atoms with E-state index in [0.29, 0.717) is 5.92 Å². The predicted molar refractivity (Wildman–Crippen MR) is 123 cm³/mol. The van der Waals surface area contributed by atoms with Gasteiger partial charge in [0.1, 0.15) is 17.3 Å². The van der Waals surface area contributed by atoms with Gasteiger partial charge in [-0.2, -0.15) is 18.3 Å². The Kier molecular flexibility index (Phi) is 7.39. The van der Waals surface area contributed by atoms with E-state index in [1.165, 1.54) is 12.1 Å². The number of aryl methyl sites for hydroxylation is 1. The highest BCUT2D eigenvalue weighted by Crippen LogP contribution is 2.28. The normalized spacial score (nSPS) is 15.0. The van der Waals surface area contributed by atoms with Gasteiger partial charge in [0.05, 0.1) is 6.54 Å². The lowest BCUT2D eigenvalue weighted by Crippen LogP contribution is -2.32. The summed E-state index contributed by atoms with van der Waals surface area (Å²) in [6, 6.07) is 14.6. The van der Waals surface area contributed by atoms with Gasteiger partial charge in [0.15, 0.2) is 11.5 Å². The summed E-state index contributed by atoms with van der Waals surface area (Å²) in [6.07, 6.45) is -1.09. The number of hydrogen-bond donors (Lipinski definition) is 1. The van der Waals surface area contributed by atoms with Crippen LogP contribution in [-0.2, 0) is 11.3 Å². The average Bonchev–Trinajstić information content (AvgIpc) is 3.44. The summed E-state index contributed by atoms with van der Waals surface area (Å²) in [6.45, 7) is 4.85. The van der Waals surface area contributed by atoms with Gasteiger partial charge in [-0.1, -0.05) is 12.1 Å². The fourth-order valence-corrected chi connectivity index (χ4v) is 4.05. The topological polar surface area (TPSA) is 83.9 Å². The molecule has 0 saturated carbocycles. The predicted octanol–water partition coefficient (Wildman–Crippen LogP) is 5.45. The number of furan rings is 1. The lowest BCUT2D eigenvalue weighted by Gasteiger charge is -2.29. The summed E-state index contributed by atoms with van der Waals surface area (Å²) in [5, 5.41) is 11.9. The van der Waals surface area contributed by atoms with Crippen LogP contribution >= 0.6 is 0 Å². The van der Waals surface area contributed by atoms with Gasteiger partial charge in [-0.05, 0) is 74.8 Å². The van der Waals surface area contributed by atoms with Gasteiger partial charge in [0.2, 0.25) is 0 Å². The van der Waals surface area contributed by atoms with Crippen LogP contribution in [0, 0.1) is 12.7 Å². The van der Waals surface area contributed by atoms with E-state index in [1.807, 2.05) is 41.9 Å². The van der Waals surface area contributed by atoms with Crippen LogP contribution in [0.4, 0.5) is 17.6 Å². The van der Waals surface area contributed by atoms with Crippen molar-refractivity contribution in [2.75, 3.05) is 13.1 Å². The Bertz CT molecular complexity index is 1340. The Morgan fingerprint density at radius 3 is 2.44 bits per heavy atom. The third-order valence-electron chi connectivity index (χ3n) is 5.88. The first-order valence-electron chi connectivity index (χ1n) is 11.3. The van der Waals surface area contributed by atoms with Crippen molar-refractivity contribution in [3.63, 3.8) is 0 Å². The number of likely N-dealkylation sites (tertiary alicyclic amines) is 1. The zero-order chi connectivity index (χ0) is 25.9. The molecule has 0 amide bonds. The highest BCUT2D eigenvalue weighted by Gasteiger charge is 2.38. The van der Waals surface area contributed by atoms with Crippen LogP contribution < -0.4 is 0 Å². The standard InChI is InChI=1S/C23H23FN4O.C2HF3O2/c1-16-5-7-21(29-16)15-27-11-9-17(10-12-27)23-25-22-8-6-19(14-28(22)26-23)18-3-2-4-20(24)13-18;3-2(4,5)1(6)7/h2-8,13-14,17H,9-12,15H2,1H3;(H,6,7). The molecule has 4 heterocycles. The number of carboxylic acids is 1. The number of fused-ring (bicyclic) bond motifs is 1. The molecule has 190 valence electrons. The largest absolute Gasteiger partial charge is 0.490 e. The number of aliphatic carboxylic acids is 1. The lowest BCUT2D eigenvalue weighted by molar-refractivity contribution is -0.192. The zero-order valence-corrected chi connectivity index (χ0v) is 19.4. The molecule has 1 N–H and O–H groups in total. The van der Waals surface area contributed by atoms with E-state index in [0.717, 1.165) is 66.6 Å². The number of nitrogens with zero attached hydrogens (tertiary/aromatic N) is 4. The van der Waals surface area contributed by atoms with Gasteiger partial charge >= 0.3 is 12.1 Å². The number of halogens is 4. The van der Waals surface area contributed by atoms with E-state index in [4.69, 9.17) is 24.4 Å². The molecular weight excluding hydrogens is 480 g/mol. The maximum atomic E-state index is 13.5. The van der Waals surface area contributed by atoms with Crippen molar-refractivity contribution >= 4 is 11.6 Å². The molecular formula is C25H24F4N4O3. The summed E-state index contributed by atoms with van der Waals surface area (Å²) < 4.78 is 52.8. The second-order valence-corrected chi connectivity index (χ2v) is 8.57. The SMILES string of the molecule is Cc1ccc(CN2CCC(c3nc4ccc(-c5cccc(F)c5)cn4n3)CC2)o1.O=C(O)C(F)(F)F. The van der Waals surface area contributed by atoms with Crippen molar-refractivity contribution in [3.05, 3.63) is 77.9 Å². The quantitative estimate of drug-likeness (QED) is 0.372. The smallest absolute Gasteiger partial charge is 0.475 e. The second-order valence-electron chi connectivity index (χ2n) is 8.57. The van der Waals surface area contributed by atoms with Crippen molar-refractivity contribution < 1.29 is 31.9 Å². The summed E-state index contributed by atoms with van der Waals surface area (Å²) in [5.74, 6) is 0.251. The van der Waals surface area contributed by atoms with Gasteiger partial charge < -0.3 is 9.52 Å². The molecule has 1 saturated heterocycles. The fraction of sp³-hybridized carbons (Fsp3) is 0.320. The monoisotopic (exact) mass is 504 g/mol. The van der Waals surface area contributed by atoms with Crippen molar-refractivity contribution in [2.24, 2.45) is 0 Å². The van der Waals surface area contributed by atoms with Crippen molar-refractivity contribution in [1.82, 2.24) is 19.5 Å². The van der Waals surface area contributed by atoms with Crippen molar-refractivity contribution in [1.29, 1.82) is 0 Å². The summed E-state index contributed by atoms with van der Waals surface area (Å²) >= 11 is 0. The van der Waals surface area contributed by atoms with Crippen LogP contribution in [0.3, 0.4) is 0 Å². The first-order valence-corrected chi connectivity index (χ1v) is 11.3. The molecule has 0 unspecified atom stereocenters. The third kappa shape index (κ3) is 6.28. The molecule has 11 heteroatoms. The van der Waals surface area contributed by atoms with E-state index < -0.39 is 12.1 Å². The van der Waals surface area contributed by atoms with E-state index in [1.54, 1.807) is 6.07 Å². The Labute approximate surface area is 204 Å². The number of rotatable bonds is 4. The van der Waals surface area contributed by atoms with Gasteiger partial charge in [0.25, 0.3) is 0 Å². The van der Waals surface area contributed by atoms with Gasteiger partial charge in [-0.25, -0.2) is 18.7 Å². The molecule has 36 heavy (non-hydrogen) atoms. The highest BCUT2D eigenvalue weighted by molar-refractivity contribution is 5.73. The minimum atomic E-state index is -5.08. The number of alkyl halides is 3. The number of carbonyl (C=O) groups is 1. The molecule has 1 aliphatic heterocycles. The maximum Gasteiger partial charge on any atom is 0.490 e. The molecule has 5 rings (SSSR count). The van der Waals surface area contributed by atoms with E-state index in [2.05, 4.69) is 11.0 Å². The summed E-state index contributed by atoms with van der Waals surface area (Å²) in [7, 11) is 0. The van der Waals surface area contributed by atoms with Crippen LogP contribution in [0.15, 0.2) is 59.1 Å². The molecule has 4 aromatic rings. The number of benzene rings is 1. The lowest BCUT2D eigenvalue weighted by atomic mass is 9.96. The van der Waals surface area contributed by atoms with Crippen LogP contribution in [0.5, 0.6) is 0 Å². The number of pyridine rings is 1. The van der Waals surface area contributed by atoms with E-state index in [-0.39, 0.29) is 5.82 Å². The molecule has 0 radical (unpaired) electrons. The Morgan fingerprint density at radius 1 is 1.11 bits per heavy atom. The number of hydrogen-bond acceptors (Lipinski definition) is 5.